The van der Waals surface area contributed by atoms with E-state index in [0.29, 0.717) is 0 Å². The molecular formula is C11H21Br. The van der Waals surface area contributed by atoms with Crippen LogP contribution in [0.4, 0.5) is 0 Å². The van der Waals surface area contributed by atoms with Crippen molar-refractivity contribution in [2.24, 2.45) is 0 Å². The van der Waals surface area contributed by atoms with E-state index in [9.17, 15) is 0 Å². The zero-order chi connectivity index (χ0) is 9.07. The lowest BCUT2D eigenvalue weighted by atomic mass is 10.2. The molecule has 0 saturated carbocycles. The highest BCUT2D eigenvalue weighted by Crippen LogP contribution is 2.03. The van der Waals surface area contributed by atoms with Gasteiger partial charge in [0.1, 0.15) is 0 Å². The zero-order valence-electron chi connectivity index (χ0n) is 8.19. The third-order valence-electron chi connectivity index (χ3n) is 1.90. The summed E-state index contributed by atoms with van der Waals surface area (Å²) in [6, 6.07) is 0. The summed E-state index contributed by atoms with van der Waals surface area (Å²) in [5.41, 5.74) is 0. The summed E-state index contributed by atoms with van der Waals surface area (Å²) in [6.07, 6.45) is 13.9. The molecule has 0 amide bonds. The van der Waals surface area contributed by atoms with Crippen LogP contribution in [-0.2, 0) is 0 Å². The molecular weight excluding hydrogens is 212 g/mol. The molecule has 1 heteroatoms. The predicted molar refractivity (Wildman–Crippen MR) is 60.9 cm³/mol. The van der Waals surface area contributed by atoms with Crippen LogP contribution in [0.3, 0.4) is 0 Å². The molecule has 0 aromatic heterocycles. The number of rotatable bonds is 8. The Balaban J connectivity index is 2.92. The second-order valence-electron chi connectivity index (χ2n) is 3.15. The fraction of sp³-hybridized carbons (Fsp3) is 0.818. The Bertz CT molecular complexity index is 97.2. The van der Waals surface area contributed by atoms with E-state index >= 15 is 0 Å². The minimum absolute atomic E-state index is 1.16. The van der Waals surface area contributed by atoms with Gasteiger partial charge in [0.2, 0.25) is 0 Å². The van der Waals surface area contributed by atoms with Gasteiger partial charge in [0, 0.05) is 5.33 Å². The van der Waals surface area contributed by atoms with Gasteiger partial charge in [-0.2, -0.15) is 0 Å². The molecule has 12 heavy (non-hydrogen) atoms. The fourth-order valence-electron chi connectivity index (χ4n) is 1.09. The van der Waals surface area contributed by atoms with Gasteiger partial charge in [0.15, 0.2) is 0 Å². The van der Waals surface area contributed by atoms with Crippen molar-refractivity contribution in [1.29, 1.82) is 0 Å². The molecule has 0 N–H and O–H groups in total. The number of hydrogen-bond acceptors (Lipinski definition) is 0. The minimum atomic E-state index is 1.16. The van der Waals surface area contributed by atoms with Gasteiger partial charge in [0.25, 0.3) is 0 Å². The van der Waals surface area contributed by atoms with E-state index in [1.165, 1.54) is 44.9 Å². The van der Waals surface area contributed by atoms with Crippen LogP contribution in [0.25, 0.3) is 0 Å². The Morgan fingerprint density at radius 1 is 0.917 bits per heavy atom. The lowest BCUT2D eigenvalue weighted by molar-refractivity contribution is 0.733. The van der Waals surface area contributed by atoms with Gasteiger partial charge in [-0.15, -0.1) is 0 Å². The van der Waals surface area contributed by atoms with Crippen molar-refractivity contribution in [3.05, 3.63) is 12.2 Å². The van der Waals surface area contributed by atoms with Crippen molar-refractivity contribution < 1.29 is 0 Å². The first-order valence-electron chi connectivity index (χ1n) is 5.12. The molecule has 0 radical (unpaired) electrons. The Morgan fingerprint density at radius 2 is 1.58 bits per heavy atom. The van der Waals surface area contributed by atoms with E-state index in [1.807, 2.05) is 0 Å². The van der Waals surface area contributed by atoms with Crippen molar-refractivity contribution in [2.45, 2.75) is 51.9 Å². The number of unbranched alkanes of at least 4 members (excludes halogenated alkanes) is 5. The van der Waals surface area contributed by atoms with Crippen LogP contribution in [0.15, 0.2) is 12.2 Å². The Morgan fingerprint density at radius 3 is 2.17 bits per heavy atom. The van der Waals surface area contributed by atoms with Crippen molar-refractivity contribution in [2.75, 3.05) is 5.33 Å². The number of alkyl halides is 1. The van der Waals surface area contributed by atoms with Crippen LogP contribution in [0.5, 0.6) is 0 Å². The second-order valence-corrected chi connectivity index (χ2v) is 3.94. The SMILES string of the molecule is CCCC/C=C/CCCCCBr. The van der Waals surface area contributed by atoms with E-state index in [0.717, 1.165) is 5.33 Å². The smallest absolute Gasteiger partial charge is 0.00313 e. The van der Waals surface area contributed by atoms with E-state index in [4.69, 9.17) is 0 Å². The summed E-state index contributed by atoms with van der Waals surface area (Å²) >= 11 is 3.43. The molecule has 0 aromatic rings. The van der Waals surface area contributed by atoms with Gasteiger partial charge in [-0.3, -0.25) is 0 Å². The summed E-state index contributed by atoms with van der Waals surface area (Å²) in [4.78, 5) is 0. The van der Waals surface area contributed by atoms with Crippen molar-refractivity contribution in [3.8, 4) is 0 Å². The van der Waals surface area contributed by atoms with E-state index in [-0.39, 0.29) is 0 Å². The van der Waals surface area contributed by atoms with Crippen LogP contribution < -0.4 is 0 Å². The van der Waals surface area contributed by atoms with Crippen LogP contribution >= 0.6 is 15.9 Å². The molecule has 72 valence electrons. The molecule has 0 atom stereocenters. The summed E-state index contributed by atoms with van der Waals surface area (Å²) in [5.74, 6) is 0. The first-order chi connectivity index (χ1) is 5.91. The van der Waals surface area contributed by atoms with Crippen LogP contribution in [0.2, 0.25) is 0 Å². The predicted octanol–water partition coefficient (Wildman–Crippen LogP) is 4.69. The lowest BCUT2D eigenvalue weighted by Gasteiger charge is -1.93. The quantitative estimate of drug-likeness (QED) is 0.324. The molecule has 0 heterocycles. The molecule has 0 aromatic carbocycles. The third kappa shape index (κ3) is 10.2. The number of hydrogen-bond donors (Lipinski definition) is 0. The summed E-state index contributed by atoms with van der Waals surface area (Å²) in [5, 5.41) is 1.16. The normalized spacial score (nSPS) is 11.2. The summed E-state index contributed by atoms with van der Waals surface area (Å²) < 4.78 is 0. The van der Waals surface area contributed by atoms with E-state index in [1.54, 1.807) is 0 Å². The van der Waals surface area contributed by atoms with Gasteiger partial charge >= 0.3 is 0 Å². The average Bonchev–Trinajstić information content (AvgIpc) is 2.10. The maximum atomic E-state index is 3.43. The maximum Gasteiger partial charge on any atom is 0.00313 e. The van der Waals surface area contributed by atoms with Crippen molar-refractivity contribution in [1.82, 2.24) is 0 Å². The monoisotopic (exact) mass is 232 g/mol. The standard InChI is InChI=1S/C11H21Br/c1-2-3-4-5-6-7-8-9-10-11-12/h5-6H,2-4,7-11H2,1H3/b6-5+. The first kappa shape index (κ1) is 12.2. The van der Waals surface area contributed by atoms with Gasteiger partial charge in [-0.25, -0.2) is 0 Å². The van der Waals surface area contributed by atoms with Gasteiger partial charge in [-0.05, 0) is 25.7 Å². The zero-order valence-corrected chi connectivity index (χ0v) is 9.78. The lowest BCUT2D eigenvalue weighted by Crippen LogP contribution is -1.76. The molecule has 0 saturated heterocycles. The molecule has 0 aliphatic rings. The highest BCUT2D eigenvalue weighted by atomic mass is 79.9. The topological polar surface area (TPSA) is 0 Å². The molecule has 0 bridgehead atoms. The molecule has 0 aliphatic heterocycles. The second kappa shape index (κ2) is 11.2. The average molecular weight is 233 g/mol. The van der Waals surface area contributed by atoms with Crippen LogP contribution in [0, 0.1) is 0 Å². The highest BCUT2D eigenvalue weighted by Gasteiger charge is 1.84. The minimum Gasteiger partial charge on any atom is -0.0928 e. The third-order valence-corrected chi connectivity index (χ3v) is 2.46. The first-order valence-corrected chi connectivity index (χ1v) is 6.25. The van der Waals surface area contributed by atoms with Crippen LogP contribution in [0.1, 0.15) is 51.9 Å². The van der Waals surface area contributed by atoms with Crippen molar-refractivity contribution >= 4 is 15.9 Å². The van der Waals surface area contributed by atoms with E-state index in [2.05, 4.69) is 35.0 Å². The molecule has 0 spiro atoms. The Hall–Kier alpha value is 0.220. The molecule has 0 aliphatic carbocycles. The van der Waals surface area contributed by atoms with Crippen molar-refractivity contribution in [3.63, 3.8) is 0 Å². The largest absolute Gasteiger partial charge is 0.0928 e. The van der Waals surface area contributed by atoms with Crippen LogP contribution in [-0.4, -0.2) is 5.33 Å². The fourth-order valence-corrected chi connectivity index (χ4v) is 1.49. The van der Waals surface area contributed by atoms with Gasteiger partial charge in [-0.1, -0.05) is 54.3 Å². The molecule has 0 rings (SSSR count). The molecule has 0 unspecified atom stereocenters. The number of allylic oxidation sites excluding steroid dienone is 2. The summed E-state index contributed by atoms with van der Waals surface area (Å²) in [6.45, 7) is 2.24. The Kier molecular flexibility index (Phi) is 11.4. The summed E-state index contributed by atoms with van der Waals surface area (Å²) in [7, 11) is 0. The van der Waals surface area contributed by atoms with Gasteiger partial charge < -0.3 is 0 Å². The maximum absolute atomic E-state index is 3.43. The number of halogens is 1. The van der Waals surface area contributed by atoms with E-state index < -0.39 is 0 Å². The molecule has 0 fully saturated rings. The molecule has 0 nitrogen and oxygen atoms in total. The Labute approximate surface area is 85.6 Å². The van der Waals surface area contributed by atoms with Gasteiger partial charge in [0.05, 0.1) is 0 Å². The highest BCUT2D eigenvalue weighted by molar-refractivity contribution is 9.09.